The number of nitrogens with zero attached hydrogens (tertiary/aromatic N) is 7. The van der Waals surface area contributed by atoms with Gasteiger partial charge in [-0.15, -0.1) is 0 Å². The summed E-state index contributed by atoms with van der Waals surface area (Å²) in [5.74, 6) is 1.26. The molecule has 3 heterocycles. The first-order valence-corrected chi connectivity index (χ1v) is 14.0. The highest BCUT2D eigenvalue weighted by molar-refractivity contribution is 6.03. The second-order valence-corrected chi connectivity index (χ2v) is 11.3. The van der Waals surface area contributed by atoms with Crippen molar-refractivity contribution in [2.45, 2.75) is 51.1 Å². The van der Waals surface area contributed by atoms with Crippen molar-refractivity contribution in [2.24, 2.45) is 23.9 Å². The van der Waals surface area contributed by atoms with Gasteiger partial charge in [0.2, 0.25) is 0 Å². The summed E-state index contributed by atoms with van der Waals surface area (Å²) in [7, 11) is 1.66. The van der Waals surface area contributed by atoms with E-state index < -0.39 is 0 Å². The molecule has 0 amide bonds. The largest absolute Gasteiger partial charge is 0.349 e. The van der Waals surface area contributed by atoms with Crippen LogP contribution in [0.2, 0.25) is 0 Å². The molecule has 0 spiro atoms. The van der Waals surface area contributed by atoms with Crippen LogP contribution in [0.25, 0.3) is 11.0 Å². The first-order chi connectivity index (χ1) is 19.3. The van der Waals surface area contributed by atoms with Crippen molar-refractivity contribution in [1.82, 2.24) is 19.4 Å². The van der Waals surface area contributed by atoms with Crippen molar-refractivity contribution in [3.05, 3.63) is 64.0 Å². The van der Waals surface area contributed by atoms with Crippen LogP contribution in [-0.2, 0) is 7.05 Å². The van der Waals surface area contributed by atoms with Crippen LogP contribution in [0.3, 0.4) is 0 Å². The minimum atomic E-state index is -0.370. The minimum Gasteiger partial charge on any atom is -0.349 e. The third kappa shape index (κ3) is 4.90. The number of nitriles is 1. The molecule has 9 nitrogen and oxygen atoms in total. The van der Waals surface area contributed by atoms with Gasteiger partial charge >= 0.3 is 5.69 Å². The van der Waals surface area contributed by atoms with Crippen LogP contribution >= 0.6 is 0 Å². The summed E-state index contributed by atoms with van der Waals surface area (Å²) in [6.07, 6.45) is 5.31. The van der Waals surface area contributed by atoms with Gasteiger partial charge in [-0.3, -0.25) is 14.9 Å². The number of aryl methyl sites for hydroxylation is 1. The van der Waals surface area contributed by atoms with Crippen LogP contribution in [0.15, 0.2) is 46.2 Å². The number of hydrogen-bond acceptors (Lipinski definition) is 7. The number of aromatic nitrogens is 3. The molecular weight excluding hydrogens is 507 g/mol. The lowest BCUT2D eigenvalue weighted by Crippen LogP contribution is -2.55. The predicted molar refractivity (Wildman–Crippen MR) is 152 cm³/mol. The number of hydrogen-bond donors (Lipinski definition) is 1. The van der Waals surface area contributed by atoms with E-state index in [1.54, 1.807) is 19.2 Å². The topological polar surface area (TPSA) is 114 Å². The van der Waals surface area contributed by atoms with Gasteiger partial charge in [0.1, 0.15) is 28.9 Å². The maximum absolute atomic E-state index is 14.0. The number of pyridine rings is 1. The molecule has 1 saturated heterocycles. The normalized spacial score (nSPS) is 21.2. The van der Waals surface area contributed by atoms with Gasteiger partial charge in [-0.1, -0.05) is 18.6 Å². The molecule has 1 aromatic carbocycles. The lowest BCUT2D eigenvalue weighted by atomic mass is 9.77. The average Bonchev–Trinajstić information content (AvgIpc) is 3.77. The number of halogens is 1. The highest BCUT2D eigenvalue weighted by atomic mass is 19.1. The fourth-order valence-electron chi connectivity index (χ4n) is 5.89. The molecule has 2 aliphatic carbocycles. The van der Waals surface area contributed by atoms with Crippen molar-refractivity contribution in [2.75, 3.05) is 24.5 Å². The fourth-order valence-corrected chi connectivity index (χ4v) is 5.89. The first-order valence-electron chi connectivity index (χ1n) is 14.0. The van der Waals surface area contributed by atoms with Gasteiger partial charge in [0.25, 0.3) is 0 Å². The Morgan fingerprint density at radius 2 is 1.85 bits per heavy atom. The number of aliphatic imine (C=N–C) groups is 1. The molecule has 40 heavy (non-hydrogen) atoms. The Kier molecular flexibility index (Phi) is 6.92. The molecule has 1 aliphatic heterocycles. The monoisotopic (exact) mass is 540 g/mol. The van der Waals surface area contributed by atoms with E-state index in [2.05, 4.69) is 32.8 Å². The van der Waals surface area contributed by atoms with Crippen molar-refractivity contribution in [3.8, 4) is 6.07 Å². The first kappa shape index (κ1) is 26.3. The zero-order chi connectivity index (χ0) is 28.0. The van der Waals surface area contributed by atoms with Crippen molar-refractivity contribution in [3.63, 3.8) is 0 Å². The Bertz CT molecular complexity index is 1580. The van der Waals surface area contributed by atoms with E-state index in [0.717, 1.165) is 43.4 Å². The molecule has 3 fully saturated rings. The van der Waals surface area contributed by atoms with Crippen LogP contribution in [0.4, 0.5) is 10.2 Å². The lowest BCUT2D eigenvalue weighted by molar-refractivity contribution is 0.195. The summed E-state index contributed by atoms with van der Waals surface area (Å²) < 4.78 is 15.4. The quantitative estimate of drug-likeness (QED) is 0.370. The van der Waals surface area contributed by atoms with E-state index >= 15 is 0 Å². The maximum Gasteiger partial charge on any atom is 0.349 e. The summed E-state index contributed by atoms with van der Waals surface area (Å²) in [4.78, 5) is 31.1. The number of nitrogens with one attached hydrogen (secondary N) is 1. The van der Waals surface area contributed by atoms with E-state index in [9.17, 15) is 14.4 Å². The number of amidine groups is 1. The van der Waals surface area contributed by atoms with Gasteiger partial charge in [0.15, 0.2) is 5.82 Å². The number of benzene rings is 1. The SMILES string of the molecule is CC1CN(C(/C(=N/C(=N)C2CC2)C2CCC2)c2ccc(F)cc2)CCN1c1nc(=O)n(C)c2ccc(C#N)nc12. The van der Waals surface area contributed by atoms with Gasteiger partial charge in [-0.05, 0) is 68.4 Å². The summed E-state index contributed by atoms with van der Waals surface area (Å²) in [5, 5.41) is 18.1. The molecule has 1 N–H and O–H groups in total. The highest BCUT2D eigenvalue weighted by Gasteiger charge is 2.39. The molecule has 2 unspecified atom stereocenters. The van der Waals surface area contributed by atoms with Crippen LogP contribution in [0.1, 0.15) is 56.3 Å². The third-order valence-corrected chi connectivity index (χ3v) is 8.55. The Balaban J connectivity index is 1.36. The Morgan fingerprint density at radius 3 is 2.48 bits per heavy atom. The number of fused-ring (bicyclic) bond motifs is 1. The Labute approximate surface area is 232 Å². The summed E-state index contributed by atoms with van der Waals surface area (Å²) in [6.45, 7) is 4.00. The molecule has 0 radical (unpaired) electrons. The van der Waals surface area contributed by atoms with Gasteiger partial charge < -0.3 is 4.90 Å². The van der Waals surface area contributed by atoms with E-state index in [-0.39, 0.29) is 35.2 Å². The molecule has 0 bridgehead atoms. The van der Waals surface area contributed by atoms with Crippen LogP contribution in [0, 0.1) is 34.4 Å². The molecule has 2 atom stereocenters. The van der Waals surface area contributed by atoms with E-state index in [4.69, 9.17) is 10.4 Å². The van der Waals surface area contributed by atoms with Gasteiger partial charge in [-0.2, -0.15) is 10.2 Å². The Morgan fingerprint density at radius 1 is 1.10 bits per heavy atom. The summed E-state index contributed by atoms with van der Waals surface area (Å²) in [5.41, 5.74) is 3.07. The van der Waals surface area contributed by atoms with Crippen LogP contribution in [0.5, 0.6) is 0 Å². The second-order valence-electron chi connectivity index (χ2n) is 11.3. The molecule has 3 aromatic rings. The highest BCUT2D eigenvalue weighted by Crippen LogP contribution is 2.39. The number of piperazine rings is 1. The predicted octanol–water partition coefficient (Wildman–Crippen LogP) is 4.22. The number of rotatable bonds is 6. The van der Waals surface area contributed by atoms with E-state index in [1.807, 2.05) is 12.1 Å². The minimum absolute atomic E-state index is 0.0300. The molecule has 2 aromatic heterocycles. The van der Waals surface area contributed by atoms with Crippen molar-refractivity contribution < 1.29 is 4.39 Å². The zero-order valence-electron chi connectivity index (χ0n) is 22.8. The third-order valence-electron chi connectivity index (χ3n) is 8.55. The fraction of sp³-hybridized carbons (Fsp3) is 0.467. The maximum atomic E-state index is 14.0. The molecule has 3 aliphatic rings. The standard InChI is InChI=1S/C30H33FN8O/c1-18-17-38(14-15-39(18)29-26-24(37(2)30(40)36-29)13-12-23(16-32)34-26)27(20-8-10-22(31)11-9-20)25(19-4-3-5-19)35-28(33)21-6-7-21/h8-13,18-19,21,27,33H,3-7,14-15,17H2,1-2H3/b33-28?,35-25+. The zero-order valence-corrected chi connectivity index (χ0v) is 22.8. The molecule has 6 rings (SSSR count). The number of anilines is 1. The molecule has 2 saturated carbocycles. The Hall–Kier alpha value is -3.97. The van der Waals surface area contributed by atoms with E-state index in [1.165, 1.54) is 16.7 Å². The lowest BCUT2D eigenvalue weighted by Gasteiger charge is -2.46. The van der Waals surface area contributed by atoms with Gasteiger partial charge in [0.05, 0.1) is 11.6 Å². The van der Waals surface area contributed by atoms with Crippen LogP contribution in [-0.4, -0.2) is 56.7 Å². The second kappa shape index (κ2) is 10.5. The van der Waals surface area contributed by atoms with Gasteiger partial charge in [0, 0.05) is 44.4 Å². The van der Waals surface area contributed by atoms with Crippen molar-refractivity contribution in [1.29, 1.82) is 10.7 Å². The molecule has 206 valence electrons. The van der Waals surface area contributed by atoms with Gasteiger partial charge in [-0.25, -0.2) is 19.2 Å². The van der Waals surface area contributed by atoms with E-state index in [0.29, 0.717) is 48.2 Å². The van der Waals surface area contributed by atoms with Crippen LogP contribution < -0.4 is 10.6 Å². The summed E-state index contributed by atoms with van der Waals surface area (Å²) >= 11 is 0. The van der Waals surface area contributed by atoms with Crippen molar-refractivity contribution >= 4 is 28.4 Å². The average molecular weight is 541 g/mol. The smallest absolute Gasteiger partial charge is 0.349 e. The molecule has 10 heteroatoms. The molecular formula is C30H33FN8O. The summed E-state index contributed by atoms with van der Waals surface area (Å²) in [6, 6.07) is 11.9.